The van der Waals surface area contributed by atoms with Gasteiger partial charge >= 0.3 is 6.18 Å². The van der Waals surface area contributed by atoms with Gasteiger partial charge in [-0.25, -0.2) is 87.8 Å². The number of aromatic amines is 5. The highest BCUT2D eigenvalue weighted by atomic mass is 79.9. The van der Waals surface area contributed by atoms with E-state index >= 15 is 4.39 Å². The maximum Gasteiger partial charge on any atom is 0.391 e. The maximum absolute atomic E-state index is 15.1. The molecule has 5 aliphatic carbocycles. The number of hydrogen-bond acceptors (Lipinski definition) is 17. The van der Waals surface area contributed by atoms with Crippen molar-refractivity contribution in [3.05, 3.63) is 206 Å². The first-order chi connectivity index (χ1) is 62.0. The van der Waals surface area contributed by atoms with Gasteiger partial charge in [0.15, 0.2) is 40.2 Å². The first-order valence-electron chi connectivity index (χ1n) is 44.0. The Morgan fingerprint density at radius 1 is 0.420 bits per heavy atom. The molecule has 0 radical (unpaired) electrons. The van der Waals surface area contributed by atoms with Crippen molar-refractivity contribution in [3.8, 4) is 11.5 Å². The van der Waals surface area contributed by atoms with Gasteiger partial charge in [0.05, 0.1) is 81.3 Å². The van der Waals surface area contributed by atoms with Crippen molar-refractivity contribution in [3.63, 3.8) is 0 Å². The second-order valence-electron chi connectivity index (χ2n) is 36.5. The molecule has 10 heterocycles. The van der Waals surface area contributed by atoms with Crippen molar-refractivity contribution in [2.45, 2.75) is 280 Å². The monoisotopic (exact) mass is 1900 g/mol. The lowest BCUT2D eigenvalue weighted by Crippen LogP contribution is -2.28. The lowest BCUT2D eigenvalue weighted by atomic mass is 9.85. The Morgan fingerprint density at radius 2 is 0.725 bits per heavy atom. The predicted molar refractivity (Wildman–Crippen MR) is 472 cm³/mol. The molecule has 0 amide bonds. The zero-order valence-corrected chi connectivity index (χ0v) is 75.5. The summed E-state index contributed by atoms with van der Waals surface area (Å²) in [6, 6.07) is 18.7. The molecule has 3 atom stereocenters. The third-order valence-corrected chi connectivity index (χ3v) is 26.5. The predicted octanol–water partition coefficient (Wildman–Crippen LogP) is 19.2. The van der Waals surface area contributed by atoms with Crippen LogP contribution in [0.15, 0.2) is 126 Å². The summed E-state index contributed by atoms with van der Waals surface area (Å²) in [6.07, 6.45) is 9.70. The molecule has 5 saturated carbocycles. The minimum absolute atomic E-state index is 0.00665. The lowest BCUT2D eigenvalue weighted by Gasteiger charge is -2.31. The molecule has 702 valence electrons. The van der Waals surface area contributed by atoms with Crippen LogP contribution in [-0.2, 0) is 25.7 Å². The van der Waals surface area contributed by atoms with E-state index in [0.29, 0.717) is 212 Å². The van der Waals surface area contributed by atoms with E-state index in [9.17, 15) is 72.3 Å². The van der Waals surface area contributed by atoms with E-state index in [4.69, 9.17) is 9.47 Å². The molecule has 40 heteroatoms. The van der Waals surface area contributed by atoms with Gasteiger partial charge in [0.2, 0.25) is 6.43 Å². The second-order valence-corrected chi connectivity index (χ2v) is 37.4. The summed E-state index contributed by atoms with van der Waals surface area (Å²) in [6.45, 7) is 10.5. The van der Waals surface area contributed by atoms with Crippen LogP contribution in [0.25, 0.3) is 55.2 Å². The molecular formula is C91H105BrF12N20O7. The normalized spacial score (nSPS) is 24.3. The van der Waals surface area contributed by atoms with Crippen molar-refractivity contribution in [1.29, 1.82) is 0 Å². The Balaban J connectivity index is 0.000000132. The van der Waals surface area contributed by atoms with E-state index in [1.54, 1.807) is 102 Å². The SMILES string of the molecule is CC(Cc1nc2c(cnn2C2CCC(C)(F)CC2)c(=O)[nH]1)C(F)(F)F.CC(Cc1nc2c(cnn2C2CCC(C)(F)CC2)c(=O)[nH]1)C(F)F.CC1(F)CCC(n2ncc3c(=O)[nH]c(C(F)c4ccccc4Br)nc32)CC1.COc1ccc(F)cc1Cc1nc2c(cnn2C2CCC(C)(F)CC2)c(=O)[nH]1.COc1ccccc1Cc1nc2c(cnn2C2CCC(C)(F)CC2)c(=O)[nH]1. The van der Waals surface area contributed by atoms with Crippen LogP contribution in [0.5, 0.6) is 11.5 Å². The minimum atomic E-state index is -4.36. The number of methoxy groups -OCH3 is 2. The Hall–Kier alpha value is -11.4. The Bertz CT molecular complexity index is 6500. The van der Waals surface area contributed by atoms with Crippen LogP contribution < -0.4 is 37.3 Å². The summed E-state index contributed by atoms with van der Waals surface area (Å²) < 4.78 is 182. The average molecular weight is 1900 g/mol. The van der Waals surface area contributed by atoms with Gasteiger partial charge in [-0.1, -0.05) is 66.2 Å². The molecule has 0 aliphatic heterocycles. The summed E-state index contributed by atoms with van der Waals surface area (Å²) in [4.78, 5) is 97.0. The number of aromatic nitrogens is 20. The van der Waals surface area contributed by atoms with Crippen molar-refractivity contribution in [1.82, 2.24) is 98.7 Å². The zero-order valence-electron chi connectivity index (χ0n) is 73.9. The van der Waals surface area contributed by atoms with Gasteiger partial charge < -0.3 is 34.4 Å². The van der Waals surface area contributed by atoms with Gasteiger partial charge in [-0.15, -0.1) is 0 Å². The van der Waals surface area contributed by atoms with Crippen LogP contribution >= 0.6 is 15.9 Å². The third-order valence-electron chi connectivity index (χ3n) is 25.8. The second kappa shape index (κ2) is 39.2. The van der Waals surface area contributed by atoms with Gasteiger partial charge in [0, 0.05) is 52.8 Å². The van der Waals surface area contributed by atoms with Gasteiger partial charge in [-0.05, 0) is 193 Å². The molecule has 27 nitrogen and oxygen atoms in total. The topological polar surface area (TPSA) is 336 Å². The van der Waals surface area contributed by atoms with Gasteiger partial charge in [0.25, 0.3) is 27.8 Å². The molecular weight excluding hydrogens is 1790 g/mol. The molecule has 0 bridgehead atoms. The number of ether oxygens (including phenoxy) is 2. The van der Waals surface area contributed by atoms with E-state index < -0.39 is 76.5 Å². The number of nitrogens with one attached hydrogen (secondary N) is 5. The van der Waals surface area contributed by atoms with Crippen molar-refractivity contribution in [2.24, 2.45) is 11.8 Å². The van der Waals surface area contributed by atoms with Gasteiger partial charge in [0.1, 0.15) is 95.9 Å². The molecule has 131 heavy (non-hydrogen) atoms. The summed E-state index contributed by atoms with van der Waals surface area (Å²) in [5.74, 6) is -0.527. The molecule has 18 rings (SSSR count). The molecule has 3 unspecified atom stereocenters. The number of H-pyrrole nitrogens is 5. The Labute approximate surface area is 751 Å². The number of para-hydroxylation sites is 1. The molecule has 0 spiro atoms. The number of halogens is 13. The molecule has 5 aliphatic rings. The lowest BCUT2D eigenvalue weighted by molar-refractivity contribution is -0.169. The fourth-order valence-corrected chi connectivity index (χ4v) is 18.2. The number of hydrogen-bond donors (Lipinski definition) is 5. The van der Waals surface area contributed by atoms with E-state index in [1.807, 2.05) is 24.3 Å². The molecule has 13 aromatic rings. The quantitative estimate of drug-likeness (QED) is 0.0498. The number of rotatable bonds is 18. The molecule has 5 fully saturated rings. The summed E-state index contributed by atoms with van der Waals surface area (Å²) in [5, 5.41) is 23.2. The Kier molecular flexibility index (Phi) is 28.7. The van der Waals surface area contributed by atoms with E-state index in [-0.39, 0.29) is 94.1 Å². The first kappa shape index (κ1) is 95.7. The summed E-state index contributed by atoms with van der Waals surface area (Å²) in [5.41, 5.74) is -3.67. The fraction of sp³-hybridized carbons (Fsp3) is 0.527. The smallest absolute Gasteiger partial charge is 0.391 e. The summed E-state index contributed by atoms with van der Waals surface area (Å²) in [7, 11) is 3.13. The number of benzene rings is 3. The van der Waals surface area contributed by atoms with Crippen LogP contribution in [0.2, 0.25) is 0 Å². The van der Waals surface area contributed by atoms with Crippen molar-refractivity contribution >= 4 is 71.1 Å². The standard InChI is InChI=1S/C20H22F2N4O2.C20H23FN4O2.C19H19BrF2N4O.C16H20F4N4O.C16H21F3N4O/c1-20(22)7-5-14(6-8-20)26-18-15(11-23-26)19(27)25-17(24-18)10-12-9-13(21)3-4-16(12)28-2;1-20(21)9-7-14(8-10-20)25-18-15(12-22-25)19(26)24-17(23-18)11-13-5-3-4-6-16(13)27-2;1-19(22)8-6-11(7-9-19)26-17-13(10-23-26)18(27)25-16(24-17)15(21)12-4-2-3-5-14(12)20;1-9(16(18,19)20)7-12-22-13-11(14(25)23-12)8-21-24(13)10-3-5-15(2,17)6-4-10;1-9(13(17)18)7-12-21-14-11(15(24)22-12)8-20-23(14)10-3-5-16(2,19)6-4-10/h3-4,9,11,14H,5-8,10H2,1-2H3,(H,24,25,27);3-6,12,14H,7-11H2,1-2H3,(H,23,24,26);2-5,10-11,15H,6-9H2,1H3,(H,24,25,27);8-10H,3-7H2,1-2H3,(H,22,23,25);8-10,13H,3-7H2,1-2H3,(H,21,22,24). The summed E-state index contributed by atoms with van der Waals surface area (Å²) >= 11 is 3.33. The van der Waals surface area contributed by atoms with E-state index in [1.165, 1.54) is 51.0 Å². The van der Waals surface area contributed by atoms with Crippen LogP contribution in [-0.4, -0.2) is 154 Å². The number of alkyl halides is 11. The van der Waals surface area contributed by atoms with E-state index in [2.05, 4.69) is 91.3 Å². The van der Waals surface area contributed by atoms with Crippen LogP contribution in [0.4, 0.5) is 52.7 Å². The fourth-order valence-electron chi connectivity index (χ4n) is 17.7. The van der Waals surface area contributed by atoms with Crippen molar-refractivity contribution < 1.29 is 62.2 Å². The highest BCUT2D eigenvalue weighted by molar-refractivity contribution is 9.10. The van der Waals surface area contributed by atoms with Gasteiger partial charge in [-0.2, -0.15) is 38.7 Å². The largest absolute Gasteiger partial charge is 0.496 e. The van der Waals surface area contributed by atoms with Gasteiger partial charge in [-0.3, -0.25) is 24.0 Å². The van der Waals surface area contributed by atoms with E-state index in [0.717, 1.165) is 18.2 Å². The average Bonchev–Trinajstić information content (AvgIpc) is 1.67. The molecule has 5 N–H and O–H groups in total. The third kappa shape index (κ3) is 22.7. The highest BCUT2D eigenvalue weighted by Gasteiger charge is 2.40. The zero-order chi connectivity index (χ0) is 94.0. The Morgan fingerprint density at radius 3 is 1.08 bits per heavy atom. The molecule has 3 aromatic carbocycles. The van der Waals surface area contributed by atoms with Crippen LogP contribution in [0.1, 0.15) is 259 Å². The van der Waals surface area contributed by atoms with Crippen LogP contribution in [0, 0.1) is 17.7 Å². The molecule has 0 saturated heterocycles. The maximum atomic E-state index is 15.1. The molecule has 10 aromatic heterocycles. The highest BCUT2D eigenvalue weighted by Crippen LogP contribution is 2.44. The van der Waals surface area contributed by atoms with Crippen LogP contribution in [0.3, 0.4) is 0 Å². The van der Waals surface area contributed by atoms with Crippen molar-refractivity contribution in [2.75, 3.05) is 14.2 Å². The number of nitrogens with zero attached hydrogens (tertiary/aromatic N) is 15. The number of fused-ring (bicyclic) bond motifs is 5. The first-order valence-corrected chi connectivity index (χ1v) is 44.8. The minimum Gasteiger partial charge on any atom is -0.496 e.